The maximum absolute atomic E-state index is 14.2. The second kappa shape index (κ2) is 7.98. The van der Waals surface area contributed by atoms with Gasteiger partial charge in [0.25, 0.3) is 0 Å². The summed E-state index contributed by atoms with van der Waals surface area (Å²) in [5.74, 6) is -0.917. The van der Waals surface area contributed by atoms with Gasteiger partial charge in [-0.25, -0.2) is 21.2 Å². The fraction of sp³-hybridized carbons (Fsp3) is 0.333. The first-order valence-electron chi connectivity index (χ1n) is 8.46. The van der Waals surface area contributed by atoms with Gasteiger partial charge in [0, 0.05) is 23.7 Å². The molecule has 1 aliphatic rings. The van der Waals surface area contributed by atoms with E-state index in [9.17, 15) is 21.2 Å². The molecule has 1 saturated heterocycles. The van der Waals surface area contributed by atoms with Gasteiger partial charge in [-0.2, -0.15) is 4.31 Å². The van der Waals surface area contributed by atoms with Crippen molar-refractivity contribution in [2.75, 3.05) is 26.0 Å². The molecule has 10 heteroatoms. The number of sulfone groups is 1. The summed E-state index contributed by atoms with van der Waals surface area (Å²) in [5, 5.41) is -0.888. The fourth-order valence-corrected chi connectivity index (χ4v) is 7.03. The van der Waals surface area contributed by atoms with Gasteiger partial charge in [-0.1, -0.05) is 29.8 Å². The van der Waals surface area contributed by atoms with E-state index in [0.717, 1.165) is 4.31 Å². The molecule has 6 nitrogen and oxygen atoms in total. The van der Waals surface area contributed by atoms with Crippen LogP contribution in [0.2, 0.25) is 5.02 Å². The lowest BCUT2D eigenvalue weighted by atomic mass is 10.1. The summed E-state index contributed by atoms with van der Waals surface area (Å²) in [6.07, 6.45) is -0.0502. The molecule has 0 aliphatic carbocycles. The molecule has 0 saturated carbocycles. The molecule has 28 heavy (non-hydrogen) atoms. The first-order valence-corrected chi connectivity index (χ1v) is 12.0. The van der Waals surface area contributed by atoms with E-state index >= 15 is 0 Å². The Morgan fingerprint density at radius 2 is 1.89 bits per heavy atom. The average Bonchev–Trinajstić information content (AvgIpc) is 2.80. The third kappa shape index (κ3) is 4.03. The van der Waals surface area contributed by atoms with Gasteiger partial charge in [0.05, 0.1) is 18.1 Å². The molecule has 1 atom stereocenters. The molecule has 0 spiro atoms. The van der Waals surface area contributed by atoms with E-state index < -0.39 is 36.7 Å². The van der Waals surface area contributed by atoms with Crippen LogP contribution in [0.3, 0.4) is 0 Å². The molecular weight excluding hydrogens is 429 g/mol. The summed E-state index contributed by atoms with van der Waals surface area (Å²) in [6.45, 7) is -0.304. The smallest absolute Gasteiger partial charge is 0.246 e. The minimum absolute atomic E-state index is 0.0502. The molecule has 0 aromatic heterocycles. The van der Waals surface area contributed by atoms with Crippen LogP contribution in [0.1, 0.15) is 17.2 Å². The predicted molar refractivity (Wildman–Crippen MR) is 104 cm³/mol. The molecule has 1 unspecified atom stereocenters. The van der Waals surface area contributed by atoms with Crippen molar-refractivity contribution in [2.24, 2.45) is 0 Å². The Bertz CT molecular complexity index is 1090. The van der Waals surface area contributed by atoms with Crippen LogP contribution in [-0.2, 0) is 19.9 Å². The van der Waals surface area contributed by atoms with Crippen molar-refractivity contribution >= 4 is 31.5 Å². The predicted octanol–water partition coefficient (Wildman–Crippen LogP) is 3.04. The van der Waals surface area contributed by atoms with Crippen molar-refractivity contribution in [3.05, 3.63) is 58.9 Å². The van der Waals surface area contributed by atoms with Gasteiger partial charge in [0.1, 0.15) is 16.5 Å². The topological polar surface area (TPSA) is 80.8 Å². The van der Waals surface area contributed by atoms with Crippen molar-refractivity contribution in [1.29, 1.82) is 0 Å². The van der Waals surface area contributed by atoms with E-state index in [1.54, 1.807) is 6.07 Å². The minimum atomic E-state index is -4.05. The maximum Gasteiger partial charge on any atom is 0.246 e. The van der Waals surface area contributed by atoms with Crippen LogP contribution in [0.4, 0.5) is 4.39 Å². The van der Waals surface area contributed by atoms with Crippen molar-refractivity contribution in [3.8, 4) is 5.75 Å². The van der Waals surface area contributed by atoms with Gasteiger partial charge in [-0.15, -0.1) is 0 Å². The van der Waals surface area contributed by atoms with E-state index in [-0.39, 0.29) is 40.7 Å². The van der Waals surface area contributed by atoms with Gasteiger partial charge in [0.15, 0.2) is 9.84 Å². The fourth-order valence-electron chi connectivity index (χ4n) is 3.24. The van der Waals surface area contributed by atoms with Crippen LogP contribution in [-0.4, -0.2) is 47.1 Å². The van der Waals surface area contributed by atoms with Crippen LogP contribution in [0, 0.1) is 5.82 Å². The second-order valence-electron chi connectivity index (χ2n) is 6.37. The highest BCUT2D eigenvalue weighted by atomic mass is 35.5. The summed E-state index contributed by atoms with van der Waals surface area (Å²) in [5.41, 5.74) is 0.0575. The number of methoxy groups -OCH3 is 1. The lowest BCUT2D eigenvalue weighted by molar-refractivity contribution is 0.392. The Labute approximate surface area is 168 Å². The summed E-state index contributed by atoms with van der Waals surface area (Å²) in [6, 6.07) is 9.85. The number of hydrogen-bond donors (Lipinski definition) is 0. The first-order chi connectivity index (χ1) is 13.2. The Hall–Kier alpha value is -1.68. The molecule has 3 rings (SSSR count). The number of sulfonamides is 1. The third-order valence-electron chi connectivity index (χ3n) is 4.69. The largest absolute Gasteiger partial charge is 0.495 e. The number of benzene rings is 2. The van der Waals surface area contributed by atoms with Crippen molar-refractivity contribution in [1.82, 2.24) is 4.31 Å². The Kier molecular flexibility index (Phi) is 6.00. The van der Waals surface area contributed by atoms with Crippen molar-refractivity contribution in [2.45, 2.75) is 16.6 Å². The molecule has 152 valence electrons. The van der Waals surface area contributed by atoms with Crippen molar-refractivity contribution < 1.29 is 26.0 Å². The Balaban J connectivity index is 1.97. The highest BCUT2D eigenvalue weighted by Crippen LogP contribution is 2.34. The molecule has 0 N–H and O–H groups in total. The maximum atomic E-state index is 14.2. The van der Waals surface area contributed by atoms with Crippen LogP contribution in [0.25, 0.3) is 0 Å². The number of nitrogens with zero attached hydrogens (tertiary/aromatic N) is 1. The zero-order valence-electron chi connectivity index (χ0n) is 15.0. The van der Waals surface area contributed by atoms with Gasteiger partial charge in [-0.05, 0) is 30.7 Å². The van der Waals surface area contributed by atoms with E-state index in [0.29, 0.717) is 0 Å². The molecule has 1 fully saturated rings. The van der Waals surface area contributed by atoms with Crippen LogP contribution in [0.15, 0.2) is 47.4 Å². The summed E-state index contributed by atoms with van der Waals surface area (Å²) in [4.78, 5) is -0.135. The number of ether oxygens (including phenoxy) is 1. The van der Waals surface area contributed by atoms with E-state index in [4.69, 9.17) is 16.3 Å². The lowest BCUT2D eigenvalue weighted by Crippen LogP contribution is -2.33. The zero-order valence-corrected chi connectivity index (χ0v) is 17.4. The van der Waals surface area contributed by atoms with Crippen LogP contribution >= 0.6 is 11.6 Å². The molecule has 2 aromatic rings. The molecule has 0 radical (unpaired) electrons. The van der Waals surface area contributed by atoms with Gasteiger partial charge >= 0.3 is 0 Å². The van der Waals surface area contributed by atoms with E-state index in [2.05, 4.69) is 0 Å². The first kappa shape index (κ1) is 21.0. The molecular formula is C18H19ClFNO5S2. The minimum Gasteiger partial charge on any atom is -0.495 e. The highest BCUT2D eigenvalue weighted by molar-refractivity contribution is 7.92. The lowest BCUT2D eigenvalue weighted by Gasteiger charge is -2.21. The summed E-state index contributed by atoms with van der Waals surface area (Å²) < 4.78 is 72.0. The molecule has 0 amide bonds. The summed E-state index contributed by atoms with van der Waals surface area (Å²) >= 11 is 5.94. The number of hydrogen-bond acceptors (Lipinski definition) is 5. The average molecular weight is 448 g/mol. The number of rotatable bonds is 4. The SMILES string of the molecule is COc1ccc(Cl)cc1S(=O)(=O)N1CCC(c2ccccc2F)S(=O)(=O)CC1. The summed E-state index contributed by atoms with van der Waals surface area (Å²) in [7, 11) is -6.45. The standard InChI is InChI=1S/C18H19ClFNO5S2/c1-26-16-7-6-13(19)12-18(16)28(24,25)21-9-8-17(27(22,23)11-10-21)14-4-2-3-5-15(14)20/h2-7,12,17H,8-11H2,1H3. The van der Waals surface area contributed by atoms with Crippen LogP contribution in [0.5, 0.6) is 5.75 Å². The zero-order chi connectivity index (χ0) is 20.5. The third-order valence-corrected chi connectivity index (χ3v) is 8.96. The van der Waals surface area contributed by atoms with Crippen LogP contribution < -0.4 is 4.74 Å². The highest BCUT2D eigenvalue weighted by Gasteiger charge is 2.37. The quantitative estimate of drug-likeness (QED) is 0.719. The van der Waals surface area contributed by atoms with Gasteiger partial charge in [-0.3, -0.25) is 0 Å². The second-order valence-corrected chi connectivity index (χ2v) is 11.0. The Morgan fingerprint density at radius 3 is 2.57 bits per heavy atom. The van der Waals surface area contributed by atoms with Gasteiger partial charge in [0.2, 0.25) is 10.0 Å². The van der Waals surface area contributed by atoms with E-state index in [1.807, 2.05) is 0 Å². The molecule has 1 heterocycles. The molecule has 0 bridgehead atoms. The Morgan fingerprint density at radius 1 is 1.18 bits per heavy atom. The molecule has 2 aromatic carbocycles. The normalized spacial score (nSPS) is 20.5. The number of halogens is 2. The van der Waals surface area contributed by atoms with E-state index in [1.165, 1.54) is 43.5 Å². The molecule has 1 aliphatic heterocycles. The van der Waals surface area contributed by atoms with Gasteiger partial charge < -0.3 is 4.74 Å². The monoisotopic (exact) mass is 447 g/mol. The van der Waals surface area contributed by atoms with Crippen molar-refractivity contribution in [3.63, 3.8) is 0 Å².